The molecule has 2 N–H and O–H groups in total. The first-order valence-corrected chi connectivity index (χ1v) is 1.87. The summed E-state index contributed by atoms with van der Waals surface area (Å²) < 4.78 is 0. The van der Waals surface area contributed by atoms with Crippen LogP contribution in [0.5, 0.6) is 0 Å². The van der Waals surface area contributed by atoms with Crippen molar-refractivity contribution in [2.45, 2.75) is 13.0 Å². The molecule has 3 nitrogen and oxygen atoms in total. The Labute approximate surface area is 42.3 Å². The third-order valence-corrected chi connectivity index (χ3v) is 0.620. The van der Waals surface area contributed by atoms with Crippen LogP contribution in [-0.4, -0.2) is 17.1 Å². The van der Waals surface area contributed by atoms with Crippen LogP contribution in [0.3, 0.4) is 0 Å². The molecular weight excluding hydrogens is 94.0 g/mol. The smallest absolute Gasteiger partial charge is 0.320 e. The van der Waals surface area contributed by atoms with Gasteiger partial charge in [-0.15, -0.1) is 0 Å². The summed E-state index contributed by atoms with van der Waals surface area (Å²) in [5, 5.41) is 10.1. The van der Waals surface area contributed by atoms with Gasteiger partial charge in [-0.05, 0) is 6.92 Å². The first kappa shape index (κ1) is 6.43. The Hall–Kier alpha value is -0.570. The molecule has 1 atom stereocenters. The van der Waals surface area contributed by atoms with Gasteiger partial charge in [0.05, 0.1) is 0 Å². The van der Waals surface area contributed by atoms with Crippen LogP contribution < -0.4 is 5.32 Å². The molecule has 7 heavy (non-hydrogen) atoms. The minimum absolute atomic E-state index is 0.653. The number of hydrogen-bond acceptors (Lipinski definition) is 2. The molecule has 0 unspecified atom stereocenters. The van der Waals surface area contributed by atoms with Gasteiger partial charge in [-0.3, -0.25) is 10.1 Å². The molecule has 0 aliphatic rings. The number of nitrogens with one attached hydrogen (secondary N) is 1. The van der Waals surface area contributed by atoms with E-state index in [0.29, 0.717) is 0 Å². The average molecular weight is 101 g/mol. The molecule has 0 saturated heterocycles. The van der Waals surface area contributed by atoms with E-state index in [9.17, 15) is 4.79 Å². The van der Waals surface area contributed by atoms with Crippen molar-refractivity contribution in [1.82, 2.24) is 5.32 Å². The SMILES string of the molecule is [CH]N[C@@H](C)C(=O)O. The Morgan fingerprint density at radius 2 is 2.43 bits per heavy atom. The van der Waals surface area contributed by atoms with Crippen molar-refractivity contribution in [2.75, 3.05) is 0 Å². The van der Waals surface area contributed by atoms with Crippen LogP contribution in [0, 0.1) is 7.05 Å². The lowest BCUT2D eigenvalue weighted by molar-refractivity contribution is -0.138. The molecular formula is C4H7NO2. The van der Waals surface area contributed by atoms with Gasteiger partial charge in [0.2, 0.25) is 0 Å². The molecule has 3 heteroatoms. The van der Waals surface area contributed by atoms with E-state index in [0.717, 1.165) is 0 Å². The van der Waals surface area contributed by atoms with E-state index in [-0.39, 0.29) is 0 Å². The molecule has 0 aromatic heterocycles. The standard InChI is InChI=1S/C4H7NO2/c1-3(5-2)4(6)7/h2-3,5H,1H3,(H,6,7)/t3-/m0/s1. The Morgan fingerprint density at radius 3 is 2.43 bits per heavy atom. The highest BCUT2D eigenvalue weighted by Gasteiger charge is 2.04. The summed E-state index contributed by atoms with van der Waals surface area (Å²) in [6.07, 6.45) is 0. The number of aliphatic carboxylic acids is 1. The predicted octanol–water partition coefficient (Wildman–Crippen LogP) is -0.282. The normalized spacial score (nSPS) is 13.4. The number of carbonyl (C=O) groups is 1. The van der Waals surface area contributed by atoms with Gasteiger partial charge < -0.3 is 5.11 Å². The summed E-state index contributed by atoms with van der Waals surface area (Å²) >= 11 is 0. The van der Waals surface area contributed by atoms with Crippen molar-refractivity contribution in [3.8, 4) is 0 Å². The van der Waals surface area contributed by atoms with Gasteiger partial charge >= 0.3 is 5.97 Å². The van der Waals surface area contributed by atoms with Crippen molar-refractivity contribution in [3.05, 3.63) is 7.05 Å². The molecule has 0 spiro atoms. The van der Waals surface area contributed by atoms with Crippen molar-refractivity contribution < 1.29 is 9.90 Å². The number of carboxylic acid groups (broad SMARTS) is 1. The van der Waals surface area contributed by atoms with E-state index >= 15 is 0 Å². The van der Waals surface area contributed by atoms with Gasteiger partial charge in [0.1, 0.15) is 6.04 Å². The van der Waals surface area contributed by atoms with E-state index in [4.69, 9.17) is 12.2 Å². The van der Waals surface area contributed by atoms with Crippen LogP contribution in [0.25, 0.3) is 0 Å². The second-order valence-corrected chi connectivity index (χ2v) is 1.23. The Bertz CT molecular complexity index is 72.1. The zero-order chi connectivity index (χ0) is 5.86. The summed E-state index contributed by atoms with van der Waals surface area (Å²) in [5.74, 6) is -0.942. The van der Waals surface area contributed by atoms with Gasteiger partial charge in [-0.1, -0.05) is 0 Å². The van der Waals surface area contributed by atoms with Crippen LogP contribution in [0.15, 0.2) is 0 Å². The zero-order valence-corrected chi connectivity index (χ0v) is 4.01. The quantitative estimate of drug-likeness (QED) is 0.470. The van der Waals surface area contributed by atoms with E-state index < -0.39 is 12.0 Å². The second-order valence-electron chi connectivity index (χ2n) is 1.23. The molecule has 0 aliphatic heterocycles. The van der Waals surface area contributed by atoms with Gasteiger partial charge in [0, 0.05) is 7.05 Å². The van der Waals surface area contributed by atoms with Crippen LogP contribution in [0.1, 0.15) is 6.92 Å². The molecule has 2 radical (unpaired) electrons. The molecule has 0 saturated carbocycles. The van der Waals surface area contributed by atoms with Crippen LogP contribution in [-0.2, 0) is 4.79 Å². The number of hydrogen-bond donors (Lipinski definition) is 2. The fourth-order valence-electron chi connectivity index (χ4n) is 0.0713. The first-order valence-electron chi connectivity index (χ1n) is 1.87. The Balaban J connectivity index is 3.34. The van der Waals surface area contributed by atoms with E-state index in [1.54, 1.807) is 0 Å². The fourth-order valence-corrected chi connectivity index (χ4v) is 0.0713. The van der Waals surface area contributed by atoms with Crippen LogP contribution in [0.4, 0.5) is 0 Å². The minimum atomic E-state index is -0.942. The minimum Gasteiger partial charge on any atom is -0.480 e. The second kappa shape index (κ2) is 2.58. The third-order valence-electron chi connectivity index (χ3n) is 0.620. The van der Waals surface area contributed by atoms with E-state index in [1.807, 2.05) is 0 Å². The predicted molar refractivity (Wildman–Crippen MR) is 24.5 cm³/mol. The zero-order valence-electron chi connectivity index (χ0n) is 4.01. The Kier molecular flexibility index (Phi) is 2.37. The average Bonchev–Trinajstić information content (AvgIpc) is 1.65. The van der Waals surface area contributed by atoms with Crippen molar-refractivity contribution in [1.29, 1.82) is 0 Å². The van der Waals surface area contributed by atoms with Gasteiger partial charge in [-0.25, -0.2) is 0 Å². The van der Waals surface area contributed by atoms with E-state index in [1.165, 1.54) is 6.92 Å². The van der Waals surface area contributed by atoms with Gasteiger partial charge in [0.25, 0.3) is 0 Å². The number of carboxylic acids is 1. The maximum Gasteiger partial charge on any atom is 0.320 e. The number of rotatable bonds is 2. The van der Waals surface area contributed by atoms with Crippen molar-refractivity contribution in [3.63, 3.8) is 0 Å². The summed E-state index contributed by atoms with van der Waals surface area (Å²) in [6.45, 7) is 1.46. The van der Waals surface area contributed by atoms with Gasteiger partial charge in [0.15, 0.2) is 0 Å². The topological polar surface area (TPSA) is 49.3 Å². The summed E-state index contributed by atoms with van der Waals surface area (Å²) in [5.41, 5.74) is 0. The summed E-state index contributed by atoms with van der Waals surface area (Å²) in [6, 6.07) is -0.653. The molecule has 0 aromatic rings. The highest BCUT2D eigenvalue weighted by atomic mass is 16.4. The molecule has 0 fully saturated rings. The van der Waals surface area contributed by atoms with Crippen LogP contribution >= 0.6 is 0 Å². The highest BCUT2D eigenvalue weighted by Crippen LogP contribution is 1.75. The Morgan fingerprint density at radius 1 is 2.00 bits per heavy atom. The molecule has 0 aliphatic carbocycles. The molecule has 0 bridgehead atoms. The fraction of sp³-hybridized carbons (Fsp3) is 0.500. The van der Waals surface area contributed by atoms with Gasteiger partial charge in [-0.2, -0.15) is 0 Å². The lowest BCUT2D eigenvalue weighted by Crippen LogP contribution is -2.28. The molecule has 0 rings (SSSR count). The third kappa shape index (κ3) is 2.17. The highest BCUT2D eigenvalue weighted by molar-refractivity contribution is 5.72. The van der Waals surface area contributed by atoms with Crippen LogP contribution in [0.2, 0.25) is 0 Å². The molecule has 0 amide bonds. The maximum atomic E-state index is 9.79. The van der Waals surface area contributed by atoms with Crippen molar-refractivity contribution in [2.24, 2.45) is 0 Å². The van der Waals surface area contributed by atoms with E-state index in [2.05, 4.69) is 5.32 Å². The summed E-state index contributed by atoms with van der Waals surface area (Å²) in [4.78, 5) is 9.79. The lowest BCUT2D eigenvalue weighted by Gasteiger charge is -1.99. The maximum absolute atomic E-state index is 9.79. The molecule has 0 aromatic carbocycles. The van der Waals surface area contributed by atoms with Crippen molar-refractivity contribution >= 4 is 5.97 Å². The molecule has 0 heterocycles. The first-order chi connectivity index (χ1) is 3.18. The monoisotopic (exact) mass is 101 g/mol. The summed E-state index contributed by atoms with van der Waals surface area (Å²) in [7, 11) is 4.74. The molecule has 40 valence electrons. The largest absolute Gasteiger partial charge is 0.480 e. The lowest BCUT2D eigenvalue weighted by atomic mass is 10.4.